The van der Waals surface area contributed by atoms with Crippen molar-refractivity contribution in [2.24, 2.45) is 0 Å². The van der Waals surface area contributed by atoms with Crippen molar-refractivity contribution in [1.82, 2.24) is 5.32 Å². The summed E-state index contributed by atoms with van der Waals surface area (Å²) >= 11 is 0. The summed E-state index contributed by atoms with van der Waals surface area (Å²) in [6, 6.07) is 4.56. The van der Waals surface area contributed by atoms with Gasteiger partial charge in [-0.1, -0.05) is 11.8 Å². The number of rotatable bonds is 2. The molecule has 1 aromatic carbocycles. The number of halogens is 1. The third-order valence-corrected chi connectivity index (χ3v) is 1.65. The highest BCUT2D eigenvalue weighted by atomic mass is 19.1. The first-order valence-corrected chi connectivity index (χ1v) is 4.25. The number of nitrogens with one attached hydrogen (secondary N) is 1. The molecule has 0 aromatic heterocycles. The lowest BCUT2D eigenvalue weighted by atomic mass is 10.2. The Morgan fingerprint density at radius 1 is 1.50 bits per heavy atom. The van der Waals surface area contributed by atoms with Gasteiger partial charge >= 0.3 is 0 Å². The summed E-state index contributed by atoms with van der Waals surface area (Å²) < 4.78 is 17.8. The number of benzene rings is 1. The van der Waals surface area contributed by atoms with Crippen LogP contribution in [-0.4, -0.2) is 20.7 Å². The van der Waals surface area contributed by atoms with E-state index in [4.69, 9.17) is 4.74 Å². The van der Waals surface area contributed by atoms with Gasteiger partial charge < -0.3 is 10.1 Å². The Bertz CT molecular complexity index is 365. The summed E-state index contributed by atoms with van der Waals surface area (Å²) in [7, 11) is 3.25. The zero-order chi connectivity index (χ0) is 10.4. The topological polar surface area (TPSA) is 21.3 Å². The van der Waals surface area contributed by atoms with E-state index in [9.17, 15) is 4.39 Å². The molecule has 0 aliphatic heterocycles. The van der Waals surface area contributed by atoms with Crippen LogP contribution in [0.1, 0.15) is 5.56 Å². The Morgan fingerprint density at radius 3 is 2.93 bits per heavy atom. The van der Waals surface area contributed by atoms with E-state index in [-0.39, 0.29) is 11.6 Å². The first kappa shape index (κ1) is 10.6. The van der Waals surface area contributed by atoms with Gasteiger partial charge in [-0.05, 0) is 25.2 Å². The molecule has 0 aliphatic carbocycles. The highest BCUT2D eigenvalue weighted by Gasteiger charge is 2.00. The van der Waals surface area contributed by atoms with E-state index < -0.39 is 0 Å². The van der Waals surface area contributed by atoms with Gasteiger partial charge in [-0.15, -0.1) is 0 Å². The standard InChI is InChI=1S/C11H12FNO/c1-13-7-3-4-9-5-6-10(12)11(8-9)14-2/h5-6,8,13H,7H2,1-2H3. The van der Waals surface area contributed by atoms with Crippen LogP contribution in [-0.2, 0) is 0 Å². The van der Waals surface area contributed by atoms with Gasteiger partial charge in [0.2, 0.25) is 0 Å². The lowest BCUT2D eigenvalue weighted by Gasteiger charge is -2.00. The summed E-state index contributed by atoms with van der Waals surface area (Å²) in [5.74, 6) is 5.63. The molecule has 14 heavy (non-hydrogen) atoms. The van der Waals surface area contributed by atoms with Crippen molar-refractivity contribution in [2.75, 3.05) is 20.7 Å². The molecule has 2 nitrogen and oxygen atoms in total. The van der Waals surface area contributed by atoms with Crippen LogP contribution in [0.4, 0.5) is 4.39 Å². The Morgan fingerprint density at radius 2 is 2.29 bits per heavy atom. The summed E-state index contributed by atoms with van der Waals surface area (Å²) in [4.78, 5) is 0. The predicted octanol–water partition coefficient (Wildman–Crippen LogP) is 1.41. The number of hydrogen-bond donors (Lipinski definition) is 1. The monoisotopic (exact) mass is 193 g/mol. The molecule has 0 atom stereocenters. The normalized spacial score (nSPS) is 9.07. The molecule has 1 rings (SSSR count). The Labute approximate surface area is 83.1 Å². The van der Waals surface area contributed by atoms with E-state index in [1.165, 1.54) is 13.2 Å². The van der Waals surface area contributed by atoms with Gasteiger partial charge in [0.15, 0.2) is 11.6 Å². The van der Waals surface area contributed by atoms with Crippen LogP contribution in [0, 0.1) is 17.7 Å². The molecule has 0 fully saturated rings. The second-order valence-electron chi connectivity index (χ2n) is 2.68. The number of methoxy groups -OCH3 is 1. The first-order chi connectivity index (χ1) is 6.77. The van der Waals surface area contributed by atoms with E-state index in [0.29, 0.717) is 6.54 Å². The molecule has 3 heteroatoms. The highest BCUT2D eigenvalue weighted by molar-refractivity contribution is 5.40. The highest BCUT2D eigenvalue weighted by Crippen LogP contribution is 2.17. The zero-order valence-electron chi connectivity index (χ0n) is 8.23. The molecule has 1 N–H and O–H groups in total. The molecule has 0 saturated carbocycles. The maximum atomic E-state index is 13.0. The maximum Gasteiger partial charge on any atom is 0.165 e. The van der Waals surface area contributed by atoms with Crippen LogP contribution in [0.2, 0.25) is 0 Å². The lowest BCUT2D eigenvalue weighted by Crippen LogP contribution is -2.04. The second-order valence-corrected chi connectivity index (χ2v) is 2.68. The van der Waals surface area contributed by atoms with Gasteiger partial charge in [-0.2, -0.15) is 0 Å². The van der Waals surface area contributed by atoms with Crippen molar-refractivity contribution in [3.05, 3.63) is 29.6 Å². The summed E-state index contributed by atoms with van der Waals surface area (Å²) in [6.07, 6.45) is 0. The van der Waals surface area contributed by atoms with Gasteiger partial charge in [-0.3, -0.25) is 0 Å². The van der Waals surface area contributed by atoms with E-state index >= 15 is 0 Å². The van der Waals surface area contributed by atoms with Crippen LogP contribution < -0.4 is 10.1 Å². The molecule has 0 amide bonds. The van der Waals surface area contributed by atoms with Crippen LogP contribution in [0.3, 0.4) is 0 Å². The third-order valence-electron chi connectivity index (χ3n) is 1.65. The van der Waals surface area contributed by atoms with E-state index in [1.807, 2.05) is 7.05 Å². The van der Waals surface area contributed by atoms with Gasteiger partial charge in [-0.25, -0.2) is 4.39 Å². The minimum absolute atomic E-state index is 0.223. The molecular formula is C11H12FNO. The predicted molar refractivity (Wildman–Crippen MR) is 53.8 cm³/mol. The summed E-state index contributed by atoms with van der Waals surface area (Å²) in [6.45, 7) is 0.611. The number of hydrogen-bond acceptors (Lipinski definition) is 2. The van der Waals surface area contributed by atoms with Crippen molar-refractivity contribution in [2.45, 2.75) is 0 Å². The second kappa shape index (κ2) is 5.25. The van der Waals surface area contributed by atoms with Crippen molar-refractivity contribution < 1.29 is 9.13 Å². The molecular weight excluding hydrogens is 181 g/mol. The van der Waals surface area contributed by atoms with Gasteiger partial charge in [0.05, 0.1) is 13.7 Å². The van der Waals surface area contributed by atoms with Gasteiger partial charge in [0, 0.05) is 5.56 Å². The molecule has 0 spiro atoms. The van der Waals surface area contributed by atoms with Gasteiger partial charge in [0.25, 0.3) is 0 Å². The fourth-order valence-electron chi connectivity index (χ4n) is 0.972. The lowest BCUT2D eigenvalue weighted by molar-refractivity contribution is 0.386. The van der Waals surface area contributed by atoms with E-state index in [1.54, 1.807) is 12.1 Å². The molecule has 1 aromatic rings. The average molecular weight is 193 g/mol. The SMILES string of the molecule is CNCC#Cc1ccc(F)c(OC)c1. The molecule has 0 aliphatic rings. The summed E-state index contributed by atoms with van der Waals surface area (Å²) in [5.41, 5.74) is 0.749. The Hall–Kier alpha value is -1.53. The molecule has 0 saturated heterocycles. The van der Waals surface area contributed by atoms with E-state index in [0.717, 1.165) is 5.56 Å². The van der Waals surface area contributed by atoms with Crippen molar-refractivity contribution in [3.8, 4) is 17.6 Å². The third kappa shape index (κ3) is 2.75. The minimum atomic E-state index is -0.369. The Kier molecular flexibility index (Phi) is 3.96. The molecule has 0 heterocycles. The van der Waals surface area contributed by atoms with Crippen molar-refractivity contribution in [1.29, 1.82) is 0 Å². The average Bonchev–Trinajstić information content (AvgIpc) is 2.21. The Balaban J connectivity index is 2.86. The molecule has 74 valence electrons. The van der Waals surface area contributed by atoms with Gasteiger partial charge in [0.1, 0.15) is 0 Å². The van der Waals surface area contributed by atoms with Crippen molar-refractivity contribution >= 4 is 0 Å². The largest absolute Gasteiger partial charge is 0.494 e. The molecule has 0 bridgehead atoms. The first-order valence-electron chi connectivity index (χ1n) is 4.25. The smallest absolute Gasteiger partial charge is 0.165 e. The fourth-order valence-corrected chi connectivity index (χ4v) is 0.972. The van der Waals surface area contributed by atoms with Crippen LogP contribution >= 0.6 is 0 Å². The quantitative estimate of drug-likeness (QED) is 0.717. The molecule has 0 radical (unpaired) electrons. The molecule has 0 unspecified atom stereocenters. The van der Waals surface area contributed by atoms with Crippen molar-refractivity contribution in [3.63, 3.8) is 0 Å². The number of ether oxygens (including phenoxy) is 1. The van der Waals surface area contributed by atoms with E-state index in [2.05, 4.69) is 17.2 Å². The van der Waals surface area contributed by atoms with Crippen LogP contribution in [0.15, 0.2) is 18.2 Å². The maximum absolute atomic E-state index is 13.0. The van der Waals surface area contributed by atoms with Crippen LogP contribution in [0.25, 0.3) is 0 Å². The fraction of sp³-hybridized carbons (Fsp3) is 0.273. The zero-order valence-corrected chi connectivity index (χ0v) is 8.23. The summed E-state index contributed by atoms with van der Waals surface area (Å²) in [5, 5.41) is 2.90. The van der Waals surface area contributed by atoms with Crippen LogP contribution in [0.5, 0.6) is 5.75 Å². The minimum Gasteiger partial charge on any atom is -0.494 e.